The summed E-state index contributed by atoms with van der Waals surface area (Å²) in [7, 11) is 0. The van der Waals surface area contributed by atoms with Crippen molar-refractivity contribution in [1.29, 1.82) is 0 Å². The molecule has 0 rings (SSSR count). The number of carbonyl (C=O) groups is 6. The summed E-state index contributed by atoms with van der Waals surface area (Å²) in [5.41, 5.74) is 0. The highest BCUT2D eigenvalue weighted by molar-refractivity contribution is 5.55. The first-order valence-corrected chi connectivity index (χ1v) is 3.70. The maximum Gasteiger partial charge on any atom is 0.492 e. The summed E-state index contributed by atoms with van der Waals surface area (Å²) in [4.78, 5) is 50.0. The van der Waals surface area contributed by atoms with Crippen molar-refractivity contribution >= 4 is 37.3 Å². The summed E-state index contributed by atoms with van der Waals surface area (Å²) in [5.74, 6) is 0. The molecule has 0 aromatic carbocycles. The molecule has 0 fully saturated rings. The minimum atomic E-state index is -2.33. The van der Waals surface area contributed by atoms with Crippen LogP contribution in [0.3, 0.4) is 0 Å². The molecule has 0 radical (unpaired) electrons. The monoisotopic (exact) mass is 384 g/mol. The molecule has 0 unspecified atom stereocenters. The second-order valence-corrected chi connectivity index (χ2v) is 1.52. The molecule has 0 amide bonds. The van der Waals surface area contributed by atoms with E-state index < -0.39 is 37.3 Å². The molecule has 12 nitrogen and oxygen atoms in total. The highest BCUT2D eigenvalue weighted by Gasteiger charge is 1.76. The van der Waals surface area contributed by atoms with Gasteiger partial charge in [-0.2, -0.15) is 0 Å². The first kappa shape index (κ1) is 37.0. The molecule has 18 heteroatoms. The molecule has 0 aromatic heterocycles. The highest BCUT2D eigenvalue weighted by Crippen LogP contribution is 1.60. The van der Waals surface area contributed by atoms with Gasteiger partial charge in [0.2, 0.25) is 0 Å². The quantitative estimate of drug-likeness (QED) is 0.259. The fraction of sp³-hybridized carbons (Fsp3) is 0. The summed E-state index contributed by atoms with van der Waals surface area (Å²) in [5, 5.41) is 40.5. The molecule has 0 atom stereocenters. The predicted octanol–water partition coefficient (Wildman–Crippen LogP) is 3.80. The standard InChI is InChI=1S/6CHFO2/c6*2-1(3)4/h6*(H,3,4). The minimum absolute atomic E-state index is 2.33. The molecule has 0 aromatic rings. The smallest absolute Gasteiger partial charge is 0.456 e. The average Bonchev–Trinajstić information content (AvgIpc) is 2.08. The highest BCUT2D eigenvalue weighted by atomic mass is 19.2. The molecule has 6 N–H and O–H groups in total. The molecule has 0 heterocycles. The molecule has 0 aliphatic heterocycles. The largest absolute Gasteiger partial charge is 0.492 e. The van der Waals surface area contributed by atoms with Crippen LogP contribution in [0.5, 0.6) is 0 Å². The third-order valence-corrected chi connectivity index (χ3v) is 0. The summed E-state index contributed by atoms with van der Waals surface area (Å²) >= 11 is 0. The van der Waals surface area contributed by atoms with Crippen LogP contribution in [0.1, 0.15) is 0 Å². The summed E-state index contributed by atoms with van der Waals surface area (Å²) in [6.45, 7) is 0. The molecular weight excluding hydrogens is 378 g/mol. The van der Waals surface area contributed by atoms with Crippen LogP contribution >= 0.6 is 0 Å². The molecule has 0 saturated carbocycles. The maximum absolute atomic E-state index is 9.92. The molecule has 0 bridgehead atoms. The van der Waals surface area contributed by atoms with Crippen molar-refractivity contribution in [3.63, 3.8) is 0 Å². The normalized spacial score (nSPS) is 6.25. The van der Waals surface area contributed by atoms with Gasteiger partial charge in [0.1, 0.15) is 0 Å². The molecule has 0 aliphatic rings. The van der Waals surface area contributed by atoms with E-state index in [0.29, 0.717) is 0 Å². The van der Waals surface area contributed by atoms with Crippen LogP contribution in [0.2, 0.25) is 0 Å². The van der Waals surface area contributed by atoms with Gasteiger partial charge in [-0.15, -0.1) is 26.3 Å². The number of rotatable bonds is 0. The Morgan fingerprint density at radius 2 is 0.333 bits per heavy atom. The van der Waals surface area contributed by atoms with Crippen molar-refractivity contribution < 1.29 is 85.7 Å². The van der Waals surface area contributed by atoms with Crippen LogP contribution in [0.4, 0.5) is 55.1 Å². The zero-order valence-corrected chi connectivity index (χ0v) is 10.4. The lowest BCUT2D eigenvalue weighted by atomic mass is 11.5. The Hall–Kier alpha value is -3.60. The van der Waals surface area contributed by atoms with E-state index in [9.17, 15) is 26.3 Å². The van der Waals surface area contributed by atoms with Gasteiger partial charge in [0.25, 0.3) is 0 Å². The van der Waals surface area contributed by atoms with Crippen molar-refractivity contribution in [2.24, 2.45) is 0 Å². The molecular formula is C6H6F6O12. The number of carboxylic acid groups (broad SMARTS) is 6. The summed E-state index contributed by atoms with van der Waals surface area (Å²) in [6.07, 6.45) is -14.0. The second kappa shape index (κ2) is 31.7. The van der Waals surface area contributed by atoms with E-state index in [0.717, 1.165) is 0 Å². The van der Waals surface area contributed by atoms with Crippen molar-refractivity contribution in [3.05, 3.63) is 0 Å². The Bertz CT molecular complexity index is 267. The van der Waals surface area contributed by atoms with Crippen LogP contribution in [-0.2, 0) is 0 Å². The zero-order chi connectivity index (χ0) is 21.5. The third-order valence-electron chi connectivity index (χ3n) is 0. The van der Waals surface area contributed by atoms with Crippen LogP contribution < -0.4 is 0 Å². The van der Waals surface area contributed by atoms with E-state index in [1.54, 1.807) is 0 Å². The van der Waals surface area contributed by atoms with Crippen molar-refractivity contribution in [3.8, 4) is 0 Å². The Balaban J connectivity index is -0.0000000405. The first-order valence-electron chi connectivity index (χ1n) is 3.70. The molecule has 0 spiro atoms. The fourth-order valence-electron chi connectivity index (χ4n) is 0. The van der Waals surface area contributed by atoms with Gasteiger partial charge in [0.15, 0.2) is 0 Å². The molecule has 24 heavy (non-hydrogen) atoms. The third kappa shape index (κ3) is 430. The van der Waals surface area contributed by atoms with Crippen molar-refractivity contribution in [2.45, 2.75) is 0 Å². The number of halogens is 6. The van der Waals surface area contributed by atoms with E-state index >= 15 is 0 Å². The van der Waals surface area contributed by atoms with E-state index in [4.69, 9.17) is 59.4 Å². The van der Waals surface area contributed by atoms with Crippen LogP contribution in [0.25, 0.3) is 0 Å². The van der Waals surface area contributed by atoms with Crippen LogP contribution in [-0.4, -0.2) is 68.0 Å². The molecule has 0 aliphatic carbocycles. The Kier molecular flexibility index (Phi) is 48.9. The summed E-state index contributed by atoms with van der Waals surface area (Å²) < 4.78 is 59.5. The average molecular weight is 384 g/mol. The lowest BCUT2D eigenvalue weighted by Gasteiger charge is -1.53. The van der Waals surface area contributed by atoms with E-state index in [2.05, 4.69) is 0 Å². The van der Waals surface area contributed by atoms with Gasteiger partial charge >= 0.3 is 37.3 Å². The Labute approximate surface area is 124 Å². The van der Waals surface area contributed by atoms with E-state index in [1.807, 2.05) is 0 Å². The number of hydrogen-bond acceptors (Lipinski definition) is 6. The minimum Gasteiger partial charge on any atom is -0.456 e. The fourth-order valence-corrected chi connectivity index (χ4v) is 0. The van der Waals surface area contributed by atoms with Crippen molar-refractivity contribution in [2.75, 3.05) is 0 Å². The van der Waals surface area contributed by atoms with Crippen molar-refractivity contribution in [1.82, 2.24) is 0 Å². The van der Waals surface area contributed by atoms with Gasteiger partial charge in [-0.05, 0) is 0 Å². The maximum atomic E-state index is 9.92. The van der Waals surface area contributed by atoms with E-state index in [-0.39, 0.29) is 0 Å². The lowest BCUT2D eigenvalue weighted by Crippen LogP contribution is -1.69. The van der Waals surface area contributed by atoms with Gasteiger partial charge in [-0.1, -0.05) is 0 Å². The first-order chi connectivity index (χ1) is 10.4. The number of hydrogen-bond donors (Lipinski definition) is 6. The Morgan fingerprint density at radius 1 is 0.333 bits per heavy atom. The zero-order valence-electron chi connectivity index (χ0n) is 10.4. The van der Waals surface area contributed by atoms with Gasteiger partial charge in [-0.25, -0.2) is 28.8 Å². The van der Waals surface area contributed by atoms with Crippen LogP contribution in [0, 0.1) is 0 Å². The van der Waals surface area contributed by atoms with E-state index in [1.165, 1.54) is 0 Å². The molecule has 0 saturated heterocycles. The molecule has 144 valence electrons. The van der Waals surface area contributed by atoms with Gasteiger partial charge in [0, 0.05) is 0 Å². The van der Waals surface area contributed by atoms with Gasteiger partial charge in [0.05, 0.1) is 0 Å². The van der Waals surface area contributed by atoms with Gasteiger partial charge in [-0.3, -0.25) is 0 Å². The SMILES string of the molecule is O=C(O)F.O=C(O)F.O=C(O)F.O=C(O)F.O=C(O)F.O=C(O)F. The van der Waals surface area contributed by atoms with Gasteiger partial charge < -0.3 is 30.6 Å². The second-order valence-electron chi connectivity index (χ2n) is 1.52. The lowest BCUT2D eigenvalue weighted by molar-refractivity contribution is 0.167. The topological polar surface area (TPSA) is 224 Å². The van der Waals surface area contributed by atoms with Crippen LogP contribution in [0.15, 0.2) is 0 Å². The summed E-state index contributed by atoms with van der Waals surface area (Å²) in [6, 6.07) is 0. The Morgan fingerprint density at radius 3 is 0.333 bits per heavy atom. The predicted molar refractivity (Wildman–Crippen MR) is 54.8 cm³/mol.